The molecule has 1 fully saturated rings. The van der Waals surface area contributed by atoms with Crippen LogP contribution in [0.5, 0.6) is 0 Å². The number of pyridine rings is 1. The lowest BCUT2D eigenvalue weighted by atomic mass is 10.0. The quantitative estimate of drug-likeness (QED) is 0.295. The van der Waals surface area contributed by atoms with Gasteiger partial charge in [0.15, 0.2) is 0 Å². The van der Waals surface area contributed by atoms with Crippen LogP contribution in [0.3, 0.4) is 0 Å². The first-order valence-corrected chi connectivity index (χ1v) is 13.7. The summed E-state index contributed by atoms with van der Waals surface area (Å²) in [6.07, 6.45) is -0.0449. The molecule has 1 aliphatic heterocycles. The van der Waals surface area contributed by atoms with E-state index < -0.39 is 23.2 Å². The van der Waals surface area contributed by atoms with Gasteiger partial charge in [-0.3, -0.25) is 14.2 Å². The number of amides is 1. The number of aromatic nitrogens is 3. The van der Waals surface area contributed by atoms with Crippen LogP contribution in [0.1, 0.15) is 46.4 Å². The lowest BCUT2D eigenvalue weighted by molar-refractivity contribution is -0.137. The van der Waals surface area contributed by atoms with E-state index in [0.29, 0.717) is 41.2 Å². The number of hydrogen-bond acceptors (Lipinski definition) is 5. The van der Waals surface area contributed by atoms with E-state index in [-0.39, 0.29) is 11.3 Å². The highest BCUT2D eigenvalue weighted by Crippen LogP contribution is 2.32. The number of halogens is 3. The first-order valence-electron chi connectivity index (χ1n) is 13.7. The zero-order valence-corrected chi connectivity index (χ0v) is 23.0. The molecule has 2 aromatic carbocycles. The normalized spacial score (nSPS) is 13.7. The summed E-state index contributed by atoms with van der Waals surface area (Å²) >= 11 is 0. The molecule has 5 rings (SSSR count). The Balaban J connectivity index is 1.58. The van der Waals surface area contributed by atoms with E-state index >= 15 is 0 Å². The van der Waals surface area contributed by atoms with Crippen LogP contribution in [0.2, 0.25) is 0 Å². The summed E-state index contributed by atoms with van der Waals surface area (Å²) in [7, 11) is 0. The number of benzene rings is 2. The van der Waals surface area contributed by atoms with Crippen LogP contribution >= 0.6 is 0 Å². The van der Waals surface area contributed by atoms with Gasteiger partial charge in [-0.2, -0.15) is 23.5 Å². The number of rotatable bonds is 8. The van der Waals surface area contributed by atoms with Gasteiger partial charge in [0.2, 0.25) is 0 Å². The molecule has 1 aliphatic rings. The zero-order valence-electron chi connectivity index (χ0n) is 23.0. The summed E-state index contributed by atoms with van der Waals surface area (Å²) in [4.78, 5) is 29.4. The van der Waals surface area contributed by atoms with Crippen LogP contribution in [0.25, 0.3) is 22.6 Å². The van der Waals surface area contributed by atoms with Gasteiger partial charge in [-0.05, 0) is 100 Å². The number of hydrogen-bond donors (Lipinski definition) is 1. The minimum atomic E-state index is -4.62. The summed E-state index contributed by atoms with van der Waals surface area (Å²) in [5, 5.41) is 16.4. The molecule has 8 nitrogen and oxygen atoms in total. The third kappa shape index (κ3) is 5.99. The second-order valence-corrected chi connectivity index (χ2v) is 10.2. The molecule has 216 valence electrons. The van der Waals surface area contributed by atoms with Gasteiger partial charge < -0.3 is 10.2 Å². The summed E-state index contributed by atoms with van der Waals surface area (Å²) in [6, 6.07) is 16.4. The van der Waals surface area contributed by atoms with Gasteiger partial charge in [0, 0.05) is 23.5 Å². The van der Waals surface area contributed by atoms with Crippen LogP contribution in [-0.2, 0) is 6.18 Å². The predicted molar refractivity (Wildman–Crippen MR) is 152 cm³/mol. The molecule has 2 aromatic heterocycles. The SMILES string of the molecule is Cc1c(-c2ccnn2-c2ccc(C#N)cc2)cc(C(=O)NCCCN2CCCC2)c(=O)n1-c1cccc(C(F)(F)F)c1. The van der Waals surface area contributed by atoms with Gasteiger partial charge in [0.25, 0.3) is 11.5 Å². The van der Waals surface area contributed by atoms with Crippen molar-refractivity contribution in [3.63, 3.8) is 0 Å². The molecular formula is C31H29F3N6O2. The highest BCUT2D eigenvalue weighted by atomic mass is 19.4. The van der Waals surface area contributed by atoms with Crippen molar-refractivity contribution in [3.8, 4) is 28.7 Å². The Morgan fingerprint density at radius 3 is 2.48 bits per heavy atom. The van der Waals surface area contributed by atoms with E-state index in [1.54, 1.807) is 48.1 Å². The van der Waals surface area contributed by atoms with Gasteiger partial charge in [-0.25, -0.2) is 4.68 Å². The summed E-state index contributed by atoms with van der Waals surface area (Å²) in [6.45, 7) is 4.86. The third-order valence-electron chi connectivity index (χ3n) is 7.42. The topological polar surface area (TPSA) is 95.9 Å². The maximum Gasteiger partial charge on any atom is 0.416 e. The fraction of sp³-hybridized carbons (Fsp3) is 0.290. The van der Waals surface area contributed by atoms with E-state index in [4.69, 9.17) is 5.26 Å². The van der Waals surface area contributed by atoms with Crippen molar-refractivity contribution in [2.24, 2.45) is 0 Å². The molecule has 0 atom stereocenters. The minimum Gasteiger partial charge on any atom is -0.352 e. The average molecular weight is 575 g/mol. The van der Waals surface area contributed by atoms with E-state index in [0.717, 1.165) is 49.2 Å². The van der Waals surface area contributed by atoms with Crippen LogP contribution in [-0.4, -0.2) is 51.3 Å². The molecule has 1 saturated heterocycles. The Kier molecular flexibility index (Phi) is 8.27. The molecule has 3 heterocycles. The number of nitrogens with zero attached hydrogens (tertiary/aromatic N) is 5. The van der Waals surface area contributed by atoms with Crippen LogP contribution in [0, 0.1) is 18.3 Å². The number of nitrogens with one attached hydrogen (secondary N) is 1. The molecule has 0 radical (unpaired) electrons. The molecule has 0 bridgehead atoms. The molecule has 0 unspecified atom stereocenters. The first kappa shape index (κ1) is 28.8. The number of carbonyl (C=O) groups is 1. The summed E-state index contributed by atoms with van der Waals surface area (Å²) in [5.41, 5.74) is 0.536. The Hall–Kier alpha value is -4.69. The Morgan fingerprint density at radius 2 is 1.79 bits per heavy atom. The zero-order chi connectivity index (χ0) is 29.9. The molecule has 1 N–H and O–H groups in total. The maximum absolute atomic E-state index is 13.7. The number of alkyl halides is 3. The second kappa shape index (κ2) is 12.0. The number of likely N-dealkylation sites (tertiary alicyclic amines) is 1. The average Bonchev–Trinajstić information content (AvgIpc) is 3.68. The van der Waals surface area contributed by atoms with Crippen molar-refractivity contribution in [1.29, 1.82) is 5.26 Å². The van der Waals surface area contributed by atoms with Crippen molar-refractivity contribution in [2.45, 2.75) is 32.4 Å². The van der Waals surface area contributed by atoms with E-state index in [1.807, 2.05) is 0 Å². The highest BCUT2D eigenvalue weighted by molar-refractivity contribution is 5.95. The van der Waals surface area contributed by atoms with Gasteiger partial charge in [-0.15, -0.1) is 0 Å². The van der Waals surface area contributed by atoms with E-state index in [1.165, 1.54) is 18.2 Å². The number of carbonyl (C=O) groups excluding carboxylic acids is 1. The molecule has 0 spiro atoms. The van der Waals surface area contributed by atoms with E-state index in [9.17, 15) is 22.8 Å². The van der Waals surface area contributed by atoms with E-state index in [2.05, 4.69) is 21.4 Å². The Labute approximate surface area is 240 Å². The first-order chi connectivity index (χ1) is 20.2. The van der Waals surface area contributed by atoms with Gasteiger partial charge in [0.1, 0.15) is 5.56 Å². The van der Waals surface area contributed by atoms with Crippen LogP contribution in [0.15, 0.2) is 71.7 Å². The molecule has 4 aromatic rings. The third-order valence-corrected chi connectivity index (χ3v) is 7.42. The molecule has 42 heavy (non-hydrogen) atoms. The second-order valence-electron chi connectivity index (χ2n) is 10.2. The largest absolute Gasteiger partial charge is 0.416 e. The lowest BCUT2D eigenvalue weighted by Gasteiger charge is -2.19. The lowest BCUT2D eigenvalue weighted by Crippen LogP contribution is -2.35. The standard InChI is InChI=1S/C31H29F3N6O2/c1-21-26(28-12-14-37-40(28)24-10-8-22(20-35)9-11-24)19-27(29(41)36-13-5-17-38-15-2-3-16-38)30(42)39(21)25-7-4-6-23(18-25)31(32,33)34/h4,6-12,14,18-19H,2-3,5,13,15-17H2,1H3,(H,36,41). The smallest absolute Gasteiger partial charge is 0.352 e. The van der Waals surface area contributed by atoms with Crippen molar-refractivity contribution >= 4 is 5.91 Å². The highest BCUT2D eigenvalue weighted by Gasteiger charge is 2.31. The van der Waals surface area contributed by atoms with Crippen molar-refractivity contribution in [3.05, 3.63) is 99.6 Å². The number of nitriles is 1. The minimum absolute atomic E-state index is 0.0123. The van der Waals surface area contributed by atoms with Gasteiger partial charge in [-0.1, -0.05) is 6.07 Å². The fourth-order valence-corrected chi connectivity index (χ4v) is 5.25. The summed E-state index contributed by atoms with van der Waals surface area (Å²) in [5.74, 6) is -0.604. The molecule has 0 aliphatic carbocycles. The maximum atomic E-state index is 13.7. The monoisotopic (exact) mass is 574 g/mol. The molecule has 0 saturated carbocycles. The van der Waals surface area contributed by atoms with Crippen molar-refractivity contribution < 1.29 is 18.0 Å². The Bertz CT molecular complexity index is 1690. The molecule has 11 heteroatoms. The summed E-state index contributed by atoms with van der Waals surface area (Å²) < 4.78 is 43.5. The molecular weight excluding hydrogens is 545 g/mol. The Morgan fingerprint density at radius 1 is 1.05 bits per heavy atom. The van der Waals surface area contributed by atoms with Gasteiger partial charge >= 0.3 is 6.18 Å². The fourth-order valence-electron chi connectivity index (χ4n) is 5.25. The van der Waals surface area contributed by atoms with Crippen LogP contribution < -0.4 is 10.9 Å². The predicted octanol–water partition coefficient (Wildman–Crippen LogP) is 5.10. The molecule has 1 amide bonds. The van der Waals surface area contributed by atoms with Crippen molar-refractivity contribution in [1.82, 2.24) is 24.6 Å². The van der Waals surface area contributed by atoms with Crippen LogP contribution in [0.4, 0.5) is 13.2 Å². The van der Waals surface area contributed by atoms with Crippen molar-refractivity contribution in [2.75, 3.05) is 26.2 Å². The van der Waals surface area contributed by atoms with Gasteiger partial charge in [0.05, 0.1) is 34.8 Å².